The van der Waals surface area contributed by atoms with E-state index in [4.69, 9.17) is 5.73 Å². The highest BCUT2D eigenvalue weighted by molar-refractivity contribution is 6.21. The Morgan fingerprint density at radius 1 is 1.14 bits per heavy atom. The molecule has 5 heteroatoms. The van der Waals surface area contributed by atoms with E-state index in [9.17, 15) is 9.59 Å². The fourth-order valence-electron chi connectivity index (χ4n) is 3.37. The molecule has 0 aromatic heterocycles. The molecule has 0 bridgehead atoms. The second-order valence-electron chi connectivity index (χ2n) is 5.99. The minimum Gasteiger partial charge on any atom is -0.330 e. The third kappa shape index (κ3) is 2.47. The van der Waals surface area contributed by atoms with Gasteiger partial charge in [-0.2, -0.15) is 0 Å². The Hall–Kier alpha value is -1.72. The zero-order valence-electron chi connectivity index (χ0n) is 12.3. The number of carbonyl (C=O) groups is 2. The van der Waals surface area contributed by atoms with Crippen LogP contribution in [0, 0.1) is 5.92 Å². The zero-order chi connectivity index (χ0) is 15.0. The van der Waals surface area contributed by atoms with Gasteiger partial charge in [0.25, 0.3) is 11.8 Å². The number of amides is 2. The number of rotatable bonds is 4. The molecule has 2 aliphatic heterocycles. The summed E-state index contributed by atoms with van der Waals surface area (Å²) in [6.07, 6.45) is 1.10. The SMILES string of the molecule is CC1CC(CN)CN1CCN1C(=O)c2ccccc2C1=O. The smallest absolute Gasteiger partial charge is 0.261 e. The normalized spacial score (nSPS) is 25.7. The number of carbonyl (C=O) groups excluding carboxylic acids is 2. The molecular formula is C16H21N3O2. The fraction of sp³-hybridized carbons (Fsp3) is 0.500. The van der Waals surface area contributed by atoms with Crippen molar-refractivity contribution in [2.24, 2.45) is 11.7 Å². The first-order valence-electron chi connectivity index (χ1n) is 7.51. The summed E-state index contributed by atoms with van der Waals surface area (Å²) in [6.45, 7) is 5.02. The zero-order valence-corrected chi connectivity index (χ0v) is 12.3. The predicted octanol–water partition coefficient (Wildman–Crippen LogP) is 0.952. The number of nitrogens with two attached hydrogens (primary N) is 1. The molecule has 2 amide bonds. The van der Waals surface area contributed by atoms with Crippen LogP contribution in [0.3, 0.4) is 0 Å². The molecule has 1 aromatic rings. The maximum absolute atomic E-state index is 12.3. The second kappa shape index (κ2) is 5.58. The highest BCUT2D eigenvalue weighted by Gasteiger charge is 2.36. The summed E-state index contributed by atoms with van der Waals surface area (Å²) in [5, 5.41) is 0. The summed E-state index contributed by atoms with van der Waals surface area (Å²) < 4.78 is 0. The molecule has 2 aliphatic rings. The van der Waals surface area contributed by atoms with E-state index in [-0.39, 0.29) is 11.8 Å². The minimum absolute atomic E-state index is 0.169. The molecule has 3 rings (SSSR count). The highest BCUT2D eigenvalue weighted by atomic mass is 16.2. The molecular weight excluding hydrogens is 266 g/mol. The van der Waals surface area contributed by atoms with E-state index in [1.165, 1.54) is 4.90 Å². The van der Waals surface area contributed by atoms with E-state index >= 15 is 0 Å². The summed E-state index contributed by atoms with van der Waals surface area (Å²) in [7, 11) is 0. The third-order valence-corrected chi connectivity index (χ3v) is 4.61. The Labute approximate surface area is 124 Å². The number of hydrogen-bond donors (Lipinski definition) is 1. The van der Waals surface area contributed by atoms with Gasteiger partial charge in [-0.25, -0.2) is 0 Å². The van der Waals surface area contributed by atoms with Crippen molar-refractivity contribution in [1.29, 1.82) is 0 Å². The van der Waals surface area contributed by atoms with Crippen LogP contribution in [0.1, 0.15) is 34.1 Å². The van der Waals surface area contributed by atoms with Crippen molar-refractivity contribution in [1.82, 2.24) is 9.80 Å². The van der Waals surface area contributed by atoms with Crippen molar-refractivity contribution in [2.75, 3.05) is 26.2 Å². The van der Waals surface area contributed by atoms with Crippen molar-refractivity contribution >= 4 is 11.8 Å². The summed E-state index contributed by atoms with van der Waals surface area (Å²) in [6, 6.07) is 7.49. The van der Waals surface area contributed by atoms with E-state index < -0.39 is 0 Å². The lowest BCUT2D eigenvalue weighted by molar-refractivity contribution is 0.0634. The van der Waals surface area contributed by atoms with Gasteiger partial charge < -0.3 is 5.73 Å². The van der Waals surface area contributed by atoms with Crippen LogP contribution in [0.15, 0.2) is 24.3 Å². The topological polar surface area (TPSA) is 66.6 Å². The predicted molar refractivity (Wildman–Crippen MR) is 80.0 cm³/mol. The molecule has 1 fully saturated rings. The molecule has 21 heavy (non-hydrogen) atoms. The molecule has 5 nitrogen and oxygen atoms in total. The van der Waals surface area contributed by atoms with E-state index in [1.54, 1.807) is 24.3 Å². The average Bonchev–Trinajstić information content (AvgIpc) is 2.97. The number of nitrogens with zero attached hydrogens (tertiary/aromatic N) is 2. The Kier molecular flexibility index (Phi) is 3.78. The van der Waals surface area contributed by atoms with E-state index in [0.29, 0.717) is 36.2 Å². The monoisotopic (exact) mass is 287 g/mol. The van der Waals surface area contributed by atoms with Crippen LogP contribution in [0.25, 0.3) is 0 Å². The van der Waals surface area contributed by atoms with E-state index in [2.05, 4.69) is 11.8 Å². The van der Waals surface area contributed by atoms with Gasteiger partial charge in [0.2, 0.25) is 0 Å². The molecule has 0 radical (unpaired) electrons. The van der Waals surface area contributed by atoms with Crippen LogP contribution in [0.4, 0.5) is 0 Å². The van der Waals surface area contributed by atoms with Crippen molar-refractivity contribution in [3.8, 4) is 0 Å². The molecule has 112 valence electrons. The molecule has 2 heterocycles. The number of likely N-dealkylation sites (tertiary alicyclic amines) is 1. The molecule has 0 aliphatic carbocycles. The van der Waals surface area contributed by atoms with Crippen LogP contribution >= 0.6 is 0 Å². The molecule has 1 saturated heterocycles. The lowest BCUT2D eigenvalue weighted by Gasteiger charge is -2.23. The summed E-state index contributed by atoms with van der Waals surface area (Å²) in [4.78, 5) is 28.2. The van der Waals surface area contributed by atoms with Crippen LogP contribution in [0.2, 0.25) is 0 Å². The Bertz CT molecular complexity index is 537. The Morgan fingerprint density at radius 2 is 1.76 bits per heavy atom. The van der Waals surface area contributed by atoms with Gasteiger partial charge in [0.15, 0.2) is 0 Å². The van der Waals surface area contributed by atoms with Gasteiger partial charge in [-0.3, -0.25) is 19.4 Å². The van der Waals surface area contributed by atoms with Gasteiger partial charge in [0, 0.05) is 25.7 Å². The molecule has 0 saturated carbocycles. The first-order chi connectivity index (χ1) is 10.1. The van der Waals surface area contributed by atoms with Gasteiger partial charge in [-0.15, -0.1) is 0 Å². The Balaban J connectivity index is 1.65. The van der Waals surface area contributed by atoms with E-state index in [1.807, 2.05) is 0 Å². The van der Waals surface area contributed by atoms with Gasteiger partial charge in [0.05, 0.1) is 11.1 Å². The largest absolute Gasteiger partial charge is 0.330 e. The van der Waals surface area contributed by atoms with Crippen LogP contribution < -0.4 is 5.73 Å². The standard InChI is InChI=1S/C16H21N3O2/c1-11-8-12(9-17)10-18(11)6-7-19-15(20)13-4-2-3-5-14(13)16(19)21/h2-5,11-12H,6-10,17H2,1H3. The van der Waals surface area contributed by atoms with Crippen molar-refractivity contribution in [3.05, 3.63) is 35.4 Å². The molecule has 2 atom stereocenters. The van der Waals surface area contributed by atoms with E-state index in [0.717, 1.165) is 19.5 Å². The first kappa shape index (κ1) is 14.2. The highest BCUT2D eigenvalue weighted by Crippen LogP contribution is 2.24. The Morgan fingerprint density at radius 3 is 2.29 bits per heavy atom. The van der Waals surface area contributed by atoms with Crippen LogP contribution in [-0.2, 0) is 0 Å². The maximum atomic E-state index is 12.3. The number of hydrogen-bond acceptors (Lipinski definition) is 4. The number of fused-ring (bicyclic) bond motifs is 1. The van der Waals surface area contributed by atoms with Gasteiger partial charge in [-0.05, 0) is 37.9 Å². The quantitative estimate of drug-likeness (QED) is 0.837. The summed E-state index contributed by atoms with van der Waals surface area (Å²) >= 11 is 0. The maximum Gasteiger partial charge on any atom is 0.261 e. The van der Waals surface area contributed by atoms with Gasteiger partial charge >= 0.3 is 0 Å². The van der Waals surface area contributed by atoms with Crippen LogP contribution in [-0.4, -0.2) is 53.8 Å². The van der Waals surface area contributed by atoms with Crippen molar-refractivity contribution in [3.63, 3.8) is 0 Å². The first-order valence-corrected chi connectivity index (χ1v) is 7.51. The lowest BCUT2D eigenvalue weighted by atomic mass is 10.1. The minimum atomic E-state index is -0.169. The third-order valence-electron chi connectivity index (χ3n) is 4.61. The molecule has 2 unspecified atom stereocenters. The van der Waals surface area contributed by atoms with Crippen molar-refractivity contribution < 1.29 is 9.59 Å². The molecule has 2 N–H and O–H groups in total. The number of benzene rings is 1. The lowest BCUT2D eigenvalue weighted by Crippen LogP contribution is -2.39. The number of imide groups is 1. The molecule has 0 spiro atoms. The summed E-state index contributed by atoms with van der Waals surface area (Å²) in [5.74, 6) is 0.192. The summed E-state index contributed by atoms with van der Waals surface area (Å²) in [5.41, 5.74) is 6.78. The average molecular weight is 287 g/mol. The second-order valence-corrected chi connectivity index (χ2v) is 5.99. The van der Waals surface area contributed by atoms with Gasteiger partial charge in [0.1, 0.15) is 0 Å². The van der Waals surface area contributed by atoms with Gasteiger partial charge in [-0.1, -0.05) is 12.1 Å². The van der Waals surface area contributed by atoms with Crippen LogP contribution in [0.5, 0.6) is 0 Å². The molecule has 1 aromatic carbocycles. The fourth-order valence-corrected chi connectivity index (χ4v) is 3.37. The van der Waals surface area contributed by atoms with Crippen molar-refractivity contribution in [2.45, 2.75) is 19.4 Å².